The van der Waals surface area contributed by atoms with Gasteiger partial charge in [0.15, 0.2) is 0 Å². The molecule has 0 bridgehead atoms. The largest absolute Gasteiger partial charge is 0.497 e. The van der Waals surface area contributed by atoms with Crippen molar-refractivity contribution in [1.29, 1.82) is 0 Å². The molecular formula is C25H28N4O5. The van der Waals surface area contributed by atoms with Crippen LogP contribution < -0.4 is 15.4 Å². The molecule has 0 radical (unpaired) electrons. The Labute approximate surface area is 198 Å². The topological polar surface area (TPSA) is 108 Å². The van der Waals surface area contributed by atoms with Crippen LogP contribution >= 0.6 is 0 Å². The number of carbonyl (C=O) groups excluding carboxylic acids is 4. The van der Waals surface area contributed by atoms with Crippen LogP contribution in [-0.2, 0) is 9.59 Å². The first kappa shape index (κ1) is 23.3. The Morgan fingerprint density at radius 2 is 1.68 bits per heavy atom. The second-order valence-electron chi connectivity index (χ2n) is 8.35. The van der Waals surface area contributed by atoms with Crippen LogP contribution in [0.2, 0.25) is 0 Å². The molecule has 4 rings (SSSR count). The molecule has 2 aromatic carbocycles. The molecular weight excluding hydrogens is 436 g/mol. The van der Waals surface area contributed by atoms with E-state index in [1.807, 2.05) is 6.07 Å². The normalized spacial score (nSPS) is 20.3. The summed E-state index contributed by atoms with van der Waals surface area (Å²) >= 11 is 0. The van der Waals surface area contributed by atoms with Crippen molar-refractivity contribution in [2.24, 2.45) is 0 Å². The van der Waals surface area contributed by atoms with Crippen LogP contribution in [0.4, 0.5) is 0 Å². The van der Waals surface area contributed by atoms with E-state index < -0.39 is 18.0 Å². The zero-order chi connectivity index (χ0) is 24.1. The molecule has 9 heteroatoms. The molecule has 2 fully saturated rings. The van der Waals surface area contributed by atoms with Gasteiger partial charge in [0.1, 0.15) is 17.8 Å². The summed E-state index contributed by atoms with van der Waals surface area (Å²) in [5.74, 6) is -0.587. The fourth-order valence-electron chi connectivity index (χ4n) is 4.28. The first-order valence-corrected chi connectivity index (χ1v) is 11.4. The predicted octanol–water partition coefficient (Wildman–Crippen LogP) is 1.06. The summed E-state index contributed by atoms with van der Waals surface area (Å²) in [5, 5.41) is 5.54. The molecule has 2 aliphatic heterocycles. The number of hydrogen-bond donors (Lipinski definition) is 2. The first-order valence-electron chi connectivity index (χ1n) is 11.4. The number of rotatable bonds is 5. The van der Waals surface area contributed by atoms with E-state index in [4.69, 9.17) is 4.74 Å². The highest BCUT2D eigenvalue weighted by molar-refractivity contribution is 6.00. The standard InChI is InChI=1S/C25H28N4O5/c1-34-19-11-9-18(10-12-19)25(33)29-15-14-28(24(32)17-6-3-2-4-7-17)16-21(29)23(31)27-20-8-5-13-26-22(20)30/h2-4,6-7,9-12,20-21H,5,8,13-16H2,1H3,(H,26,30)(H,27,31)/t20-,21+/m0/s1. The maximum absolute atomic E-state index is 13.3. The second kappa shape index (κ2) is 10.4. The Morgan fingerprint density at radius 3 is 2.35 bits per heavy atom. The van der Waals surface area contributed by atoms with Crippen molar-refractivity contribution in [1.82, 2.24) is 20.4 Å². The van der Waals surface area contributed by atoms with Gasteiger partial charge in [-0.05, 0) is 49.2 Å². The molecule has 2 aliphatic rings. The molecule has 2 saturated heterocycles. The highest BCUT2D eigenvalue weighted by Crippen LogP contribution is 2.19. The molecule has 0 aliphatic carbocycles. The lowest BCUT2D eigenvalue weighted by Gasteiger charge is -2.41. The van der Waals surface area contributed by atoms with E-state index in [1.54, 1.807) is 60.5 Å². The van der Waals surface area contributed by atoms with Gasteiger partial charge < -0.3 is 25.2 Å². The van der Waals surface area contributed by atoms with Gasteiger partial charge in [-0.3, -0.25) is 19.2 Å². The number of hydrogen-bond acceptors (Lipinski definition) is 5. The molecule has 4 amide bonds. The number of piperidine rings is 1. The average Bonchev–Trinajstić information content (AvgIpc) is 2.89. The van der Waals surface area contributed by atoms with Crippen molar-refractivity contribution >= 4 is 23.6 Å². The number of nitrogens with one attached hydrogen (secondary N) is 2. The summed E-state index contributed by atoms with van der Waals surface area (Å²) in [6, 6.07) is 13.9. The number of carbonyl (C=O) groups is 4. The molecule has 0 spiro atoms. The maximum Gasteiger partial charge on any atom is 0.254 e. The molecule has 0 aromatic heterocycles. The molecule has 2 heterocycles. The van der Waals surface area contributed by atoms with Crippen molar-refractivity contribution in [3.63, 3.8) is 0 Å². The third-order valence-corrected chi connectivity index (χ3v) is 6.19. The Hall–Kier alpha value is -3.88. The van der Waals surface area contributed by atoms with Crippen LogP contribution in [0.1, 0.15) is 33.6 Å². The minimum Gasteiger partial charge on any atom is -0.497 e. The lowest BCUT2D eigenvalue weighted by atomic mass is 10.0. The van der Waals surface area contributed by atoms with Crippen molar-refractivity contribution in [2.45, 2.75) is 24.9 Å². The van der Waals surface area contributed by atoms with Gasteiger partial charge in [-0.2, -0.15) is 0 Å². The Kier molecular flexibility index (Phi) is 7.10. The molecule has 2 aromatic rings. The van der Waals surface area contributed by atoms with E-state index in [-0.39, 0.29) is 30.8 Å². The molecule has 34 heavy (non-hydrogen) atoms. The summed E-state index contributed by atoms with van der Waals surface area (Å²) in [5.41, 5.74) is 0.931. The predicted molar refractivity (Wildman–Crippen MR) is 124 cm³/mol. The van der Waals surface area contributed by atoms with Gasteiger partial charge in [-0.1, -0.05) is 18.2 Å². The fraction of sp³-hybridized carbons (Fsp3) is 0.360. The van der Waals surface area contributed by atoms with E-state index in [0.29, 0.717) is 36.4 Å². The molecule has 2 N–H and O–H groups in total. The van der Waals surface area contributed by atoms with Crippen LogP contribution in [0.15, 0.2) is 54.6 Å². The summed E-state index contributed by atoms with van der Waals surface area (Å²) in [7, 11) is 1.54. The van der Waals surface area contributed by atoms with E-state index in [0.717, 1.165) is 6.42 Å². The number of nitrogens with zero attached hydrogens (tertiary/aromatic N) is 2. The Balaban J connectivity index is 1.56. The number of benzene rings is 2. The van der Waals surface area contributed by atoms with Gasteiger partial charge in [0.2, 0.25) is 11.8 Å². The van der Waals surface area contributed by atoms with E-state index in [2.05, 4.69) is 10.6 Å². The van der Waals surface area contributed by atoms with Crippen LogP contribution in [0.25, 0.3) is 0 Å². The number of ether oxygens (including phenoxy) is 1. The van der Waals surface area contributed by atoms with Crippen molar-refractivity contribution in [3.8, 4) is 5.75 Å². The van der Waals surface area contributed by atoms with Gasteiger partial charge in [-0.25, -0.2) is 0 Å². The highest BCUT2D eigenvalue weighted by Gasteiger charge is 2.39. The molecule has 0 saturated carbocycles. The smallest absolute Gasteiger partial charge is 0.254 e. The van der Waals surface area contributed by atoms with Crippen molar-refractivity contribution in [2.75, 3.05) is 33.3 Å². The summed E-state index contributed by atoms with van der Waals surface area (Å²) in [6.07, 6.45) is 1.29. The van der Waals surface area contributed by atoms with Crippen LogP contribution in [0.5, 0.6) is 5.75 Å². The highest BCUT2D eigenvalue weighted by atomic mass is 16.5. The Bertz CT molecular complexity index is 1060. The lowest BCUT2D eigenvalue weighted by Crippen LogP contribution is -2.63. The van der Waals surface area contributed by atoms with E-state index >= 15 is 0 Å². The van der Waals surface area contributed by atoms with Crippen molar-refractivity contribution < 1.29 is 23.9 Å². The third kappa shape index (κ3) is 5.03. The van der Waals surface area contributed by atoms with E-state index in [9.17, 15) is 19.2 Å². The monoisotopic (exact) mass is 464 g/mol. The second-order valence-corrected chi connectivity index (χ2v) is 8.35. The first-order chi connectivity index (χ1) is 16.5. The summed E-state index contributed by atoms with van der Waals surface area (Å²) in [6.45, 7) is 1.10. The van der Waals surface area contributed by atoms with Crippen LogP contribution in [0.3, 0.4) is 0 Å². The van der Waals surface area contributed by atoms with Crippen LogP contribution in [0, 0.1) is 0 Å². The van der Waals surface area contributed by atoms with Gasteiger partial charge >= 0.3 is 0 Å². The minimum atomic E-state index is -0.925. The SMILES string of the molecule is COc1ccc(C(=O)N2CCN(C(=O)c3ccccc3)C[C@@H]2C(=O)N[C@H]2CCCNC2=O)cc1. The quantitative estimate of drug-likeness (QED) is 0.688. The Morgan fingerprint density at radius 1 is 0.971 bits per heavy atom. The maximum atomic E-state index is 13.3. The van der Waals surface area contributed by atoms with Gasteiger partial charge in [0.05, 0.1) is 13.7 Å². The van der Waals surface area contributed by atoms with Gasteiger partial charge in [0.25, 0.3) is 11.8 Å². The van der Waals surface area contributed by atoms with Gasteiger partial charge in [0, 0.05) is 30.8 Å². The fourth-order valence-corrected chi connectivity index (χ4v) is 4.28. The number of piperazine rings is 1. The summed E-state index contributed by atoms with van der Waals surface area (Å²) < 4.78 is 5.16. The zero-order valence-corrected chi connectivity index (χ0v) is 19.0. The summed E-state index contributed by atoms with van der Waals surface area (Å²) in [4.78, 5) is 54.9. The molecule has 178 valence electrons. The molecule has 0 unspecified atom stereocenters. The molecule has 9 nitrogen and oxygen atoms in total. The average molecular weight is 465 g/mol. The van der Waals surface area contributed by atoms with Crippen molar-refractivity contribution in [3.05, 3.63) is 65.7 Å². The zero-order valence-electron chi connectivity index (χ0n) is 19.0. The lowest BCUT2D eigenvalue weighted by molar-refractivity contribution is -0.133. The van der Waals surface area contributed by atoms with E-state index in [1.165, 1.54) is 4.90 Å². The molecule has 2 atom stereocenters. The van der Waals surface area contributed by atoms with Crippen LogP contribution in [-0.4, -0.2) is 78.8 Å². The number of methoxy groups -OCH3 is 1. The number of amides is 4. The third-order valence-electron chi connectivity index (χ3n) is 6.19. The minimum absolute atomic E-state index is 0.0375. The van der Waals surface area contributed by atoms with Gasteiger partial charge in [-0.15, -0.1) is 0 Å².